The van der Waals surface area contributed by atoms with E-state index in [0.717, 1.165) is 19.3 Å². The second-order valence-electron chi connectivity index (χ2n) is 4.05. The molecule has 0 radical (unpaired) electrons. The molecule has 1 fully saturated rings. The summed E-state index contributed by atoms with van der Waals surface area (Å²) in [4.78, 5) is 0. The van der Waals surface area contributed by atoms with Crippen LogP contribution in [-0.4, -0.2) is 21.4 Å². The molecule has 1 aliphatic carbocycles. The molecule has 0 amide bonds. The predicted molar refractivity (Wildman–Crippen MR) is 67.7 cm³/mol. The van der Waals surface area contributed by atoms with E-state index >= 15 is 0 Å². The van der Waals surface area contributed by atoms with Crippen LogP contribution in [0, 0.1) is 0 Å². The van der Waals surface area contributed by atoms with Crippen molar-refractivity contribution in [1.29, 1.82) is 0 Å². The quantitative estimate of drug-likeness (QED) is 0.735. The van der Waals surface area contributed by atoms with Gasteiger partial charge < -0.3 is 10.2 Å². The van der Waals surface area contributed by atoms with E-state index in [-0.39, 0.29) is 0 Å². The van der Waals surface area contributed by atoms with E-state index in [1.54, 1.807) is 0 Å². The molecule has 0 spiro atoms. The van der Waals surface area contributed by atoms with E-state index in [2.05, 4.69) is 0 Å². The van der Waals surface area contributed by atoms with Crippen molar-refractivity contribution in [2.24, 2.45) is 0 Å². The first-order valence-electron chi connectivity index (χ1n) is 5.28. The van der Waals surface area contributed by atoms with Crippen molar-refractivity contribution in [2.75, 3.05) is 0 Å². The molecule has 0 unspecified atom stereocenters. The molecular formula is C9H18Cl4O2Ti. The van der Waals surface area contributed by atoms with Gasteiger partial charge in [0.05, 0.1) is 11.2 Å². The van der Waals surface area contributed by atoms with Gasteiger partial charge >= 0.3 is 49.6 Å². The van der Waals surface area contributed by atoms with Crippen LogP contribution in [0.1, 0.15) is 46.0 Å². The van der Waals surface area contributed by atoms with E-state index in [9.17, 15) is 10.2 Å². The zero-order valence-corrected chi connectivity index (χ0v) is 14.0. The molecule has 2 nitrogen and oxygen atoms in total. The maximum absolute atomic E-state index is 9.97. The monoisotopic (exact) mass is 346 g/mol. The van der Waals surface area contributed by atoms with E-state index < -0.39 is 23.5 Å². The molecule has 98 valence electrons. The van der Waals surface area contributed by atoms with Gasteiger partial charge in [-0.2, -0.15) is 0 Å². The Kier molecular flexibility index (Phi) is 7.58. The van der Waals surface area contributed by atoms with E-state index in [1.807, 2.05) is 13.8 Å². The predicted octanol–water partition coefficient (Wildman–Crippen LogP) is 4.21. The molecule has 1 aliphatic rings. The second kappa shape index (κ2) is 6.81. The van der Waals surface area contributed by atoms with Gasteiger partial charge in [-0.1, -0.05) is 13.8 Å². The fourth-order valence-electron chi connectivity index (χ4n) is 2.15. The first kappa shape index (κ1) is 17.8. The molecule has 0 aromatic carbocycles. The van der Waals surface area contributed by atoms with Gasteiger partial charge in [0.2, 0.25) is 0 Å². The fraction of sp³-hybridized carbons (Fsp3) is 1.00. The van der Waals surface area contributed by atoms with Crippen LogP contribution in [0.5, 0.6) is 0 Å². The number of hydrogen-bond acceptors (Lipinski definition) is 2. The molecule has 7 heteroatoms. The van der Waals surface area contributed by atoms with Crippen molar-refractivity contribution in [3.8, 4) is 0 Å². The average molecular weight is 348 g/mol. The summed E-state index contributed by atoms with van der Waals surface area (Å²) >= 11 is -3.11. The Morgan fingerprint density at radius 2 is 1.19 bits per heavy atom. The first-order chi connectivity index (χ1) is 7.08. The molecule has 2 atom stereocenters. The summed E-state index contributed by atoms with van der Waals surface area (Å²) in [7, 11) is 20.1. The van der Waals surface area contributed by atoms with Crippen molar-refractivity contribution in [1.82, 2.24) is 0 Å². The Labute approximate surface area is 116 Å². The third-order valence-electron chi connectivity index (χ3n) is 3.22. The van der Waals surface area contributed by atoms with Gasteiger partial charge in [-0.15, -0.1) is 0 Å². The van der Waals surface area contributed by atoms with Crippen LogP contribution >= 0.6 is 37.2 Å². The molecule has 0 bridgehead atoms. The number of aliphatic hydroxyl groups is 2. The maximum atomic E-state index is 9.97. The number of rotatable bonds is 2. The molecule has 1 rings (SSSR count). The molecular weight excluding hydrogens is 330 g/mol. The van der Waals surface area contributed by atoms with Crippen molar-refractivity contribution >= 4 is 37.2 Å². The van der Waals surface area contributed by atoms with Gasteiger partial charge in [-0.3, -0.25) is 0 Å². The molecule has 0 aromatic heterocycles. The van der Waals surface area contributed by atoms with Crippen molar-refractivity contribution < 1.29 is 22.6 Å². The molecule has 0 saturated heterocycles. The van der Waals surface area contributed by atoms with Crippen LogP contribution in [0.3, 0.4) is 0 Å². The zero-order valence-electron chi connectivity index (χ0n) is 9.44. The summed E-state index contributed by atoms with van der Waals surface area (Å²) in [6.07, 6.45) is 3.80. The Balaban J connectivity index is 0.000000385. The molecule has 0 aliphatic heterocycles. The van der Waals surface area contributed by atoms with Crippen molar-refractivity contribution in [2.45, 2.75) is 57.2 Å². The van der Waals surface area contributed by atoms with Crippen LogP contribution in [0.25, 0.3) is 0 Å². The summed E-state index contributed by atoms with van der Waals surface area (Å²) < 4.78 is 0. The Morgan fingerprint density at radius 1 is 0.938 bits per heavy atom. The molecule has 0 aromatic rings. The summed E-state index contributed by atoms with van der Waals surface area (Å²) in [5.74, 6) is 0. The third-order valence-corrected chi connectivity index (χ3v) is 3.22. The Bertz CT molecular complexity index is 202. The van der Waals surface area contributed by atoms with Crippen LogP contribution in [0.4, 0.5) is 0 Å². The van der Waals surface area contributed by atoms with Crippen LogP contribution in [0.15, 0.2) is 0 Å². The van der Waals surface area contributed by atoms with Gasteiger partial charge in [-0.05, 0) is 32.1 Å². The molecule has 1 saturated carbocycles. The molecule has 16 heavy (non-hydrogen) atoms. The fourth-order valence-corrected chi connectivity index (χ4v) is 2.15. The average Bonchev–Trinajstić information content (AvgIpc) is 2.42. The summed E-state index contributed by atoms with van der Waals surface area (Å²) in [6.45, 7) is 3.87. The summed E-state index contributed by atoms with van der Waals surface area (Å²) in [6, 6.07) is 0. The Morgan fingerprint density at radius 3 is 1.38 bits per heavy atom. The van der Waals surface area contributed by atoms with Crippen molar-refractivity contribution in [3.05, 3.63) is 0 Å². The van der Waals surface area contributed by atoms with Gasteiger partial charge in [0.15, 0.2) is 0 Å². The SMILES string of the molecule is CC[C@@]1(O)CCC[C@@]1(O)CC.[Cl][Ti]([Cl])([Cl])[Cl]. The normalized spacial score (nSPS) is 34.5. The van der Waals surface area contributed by atoms with Crippen LogP contribution < -0.4 is 0 Å². The zero-order chi connectivity index (χ0) is 13.0. The summed E-state index contributed by atoms with van der Waals surface area (Å²) in [5.41, 5.74) is -1.61. The Hall–Kier alpha value is 1.79. The van der Waals surface area contributed by atoms with E-state index in [4.69, 9.17) is 37.2 Å². The second-order valence-corrected chi connectivity index (χ2v) is 19.5. The van der Waals surface area contributed by atoms with Gasteiger partial charge in [-0.25, -0.2) is 0 Å². The molecule has 2 N–H and O–H groups in total. The number of hydrogen-bond donors (Lipinski definition) is 2. The first-order valence-corrected chi connectivity index (χ1v) is 13.9. The minimum atomic E-state index is -3.11. The van der Waals surface area contributed by atoms with Crippen LogP contribution in [-0.2, 0) is 12.3 Å². The third kappa shape index (κ3) is 5.62. The standard InChI is InChI=1S/C9H18O2.4ClH.Ti/c1-3-8(10)6-5-7-9(8,11)4-2;;;;;/h10-11H,3-7H2,1-2H3;4*1H;/q;;;;;+4/p-4/t8-,9+;;;;;. The van der Waals surface area contributed by atoms with E-state index in [0.29, 0.717) is 12.8 Å². The summed E-state index contributed by atoms with van der Waals surface area (Å²) in [5, 5.41) is 19.9. The van der Waals surface area contributed by atoms with Crippen LogP contribution in [0.2, 0.25) is 0 Å². The van der Waals surface area contributed by atoms with E-state index in [1.165, 1.54) is 0 Å². The number of halogens is 4. The minimum absolute atomic E-state index is 0.664. The molecule has 0 heterocycles. The van der Waals surface area contributed by atoms with Gasteiger partial charge in [0, 0.05) is 0 Å². The van der Waals surface area contributed by atoms with Gasteiger partial charge in [0.1, 0.15) is 0 Å². The van der Waals surface area contributed by atoms with Crippen molar-refractivity contribution in [3.63, 3.8) is 0 Å². The topological polar surface area (TPSA) is 40.5 Å². The van der Waals surface area contributed by atoms with Gasteiger partial charge in [0.25, 0.3) is 0 Å².